The number of aliphatic carboxylic acids is 1. The van der Waals surface area contributed by atoms with Gasteiger partial charge in [-0.3, -0.25) is 9.69 Å². The van der Waals surface area contributed by atoms with Crippen LogP contribution in [0.25, 0.3) is 11.5 Å². The average Bonchev–Trinajstić information content (AvgIpc) is 3.38. The summed E-state index contributed by atoms with van der Waals surface area (Å²) in [6.07, 6.45) is 1.37. The maximum atomic E-state index is 12.7. The quantitative estimate of drug-likeness (QED) is 0.303. The fraction of sp³-hybridized carbons (Fsp3) is 0.179. The molecule has 9 nitrogen and oxygen atoms in total. The van der Waals surface area contributed by atoms with Crippen LogP contribution in [-0.4, -0.2) is 47.3 Å². The third kappa shape index (κ3) is 7.35. The van der Waals surface area contributed by atoms with Gasteiger partial charge in [0.1, 0.15) is 30.1 Å². The summed E-state index contributed by atoms with van der Waals surface area (Å²) in [5.41, 5.74) is 2.36. The number of nitrogens with zero attached hydrogens (tertiary/aromatic N) is 2. The molecule has 0 aliphatic rings. The number of benzene rings is 3. The molecule has 0 saturated heterocycles. The van der Waals surface area contributed by atoms with Gasteiger partial charge in [-0.2, -0.15) is 0 Å². The van der Waals surface area contributed by atoms with E-state index in [2.05, 4.69) is 4.98 Å². The number of aromatic nitrogens is 1. The molecule has 0 atom stereocenters. The minimum atomic E-state index is -1.15. The van der Waals surface area contributed by atoms with Crippen molar-refractivity contribution >= 4 is 12.1 Å². The smallest absolute Gasteiger partial charge is 0.416 e. The summed E-state index contributed by atoms with van der Waals surface area (Å²) < 4.78 is 21.9. The molecule has 1 heterocycles. The van der Waals surface area contributed by atoms with Crippen LogP contribution in [0.2, 0.25) is 0 Å². The minimum Gasteiger partial charge on any atom is -0.497 e. The third-order valence-electron chi connectivity index (χ3n) is 5.32. The number of hydrogen-bond acceptors (Lipinski definition) is 7. The molecule has 4 aromatic rings. The Bertz CT molecular complexity index is 1320. The van der Waals surface area contributed by atoms with Crippen molar-refractivity contribution < 1.29 is 33.3 Å². The van der Waals surface area contributed by atoms with Crippen molar-refractivity contribution in [3.8, 4) is 28.7 Å². The van der Waals surface area contributed by atoms with Gasteiger partial charge in [-0.25, -0.2) is 9.78 Å². The molecule has 0 fully saturated rings. The van der Waals surface area contributed by atoms with Crippen molar-refractivity contribution in [2.24, 2.45) is 0 Å². The summed E-state index contributed by atoms with van der Waals surface area (Å²) in [7, 11) is 1.53. The second kappa shape index (κ2) is 12.3. The first-order valence-electron chi connectivity index (χ1n) is 11.5. The van der Waals surface area contributed by atoms with E-state index < -0.39 is 18.6 Å². The van der Waals surface area contributed by atoms with Crippen molar-refractivity contribution in [3.63, 3.8) is 0 Å². The largest absolute Gasteiger partial charge is 0.497 e. The summed E-state index contributed by atoms with van der Waals surface area (Å²) in [4.78, 5) is 29.7. The molecule has 3 aromatic carbocycles. The molecule has 0 spiro atoms. The molecule has 1 N–H and O–H groups in total. The van der Waals surface area contributed by atoms with Crippen LogP contribution in [0, 0.1) is 0 Å². The summed E-state index contributed by atoms with van der Waals surface area (Å²) in [6.45, 7) is -0.124. The van der Waals surface area contributed by atoms with Crippen LogP contribution in [0.1, 0.15) is 11.3 Å². The van der Waals surface area contributed by atoms with Gasteiger partial charge in [0.15, 0.2) is 0 Å². The van der Waals surface area contributed by atoms with Crippen molar-refractivity contribution in [1.29, 1.82) is 0 Å². The second-order valence-corrected chi connectivity index (χ2v) is 8.05. The standard InChI is InChI=1S/C28H26N2O7/c1-34-23-10-12-24(13-11-23)37-28(33)30(18-26(31)32)17-20-6-5-9-25(16-20)35-15-14-22-19-36-27(29-22)21-7-3-2-4-8-21/h2-13,16,19H,14-15,17-18H2,1H3,(H,31,32). The molecule has 37 heavy (non-hydrogen) atoms. The maximum Gasteiger partial charge on any atom is 0.416 e. The Hall–Kier alpha value is -4.79. The van der Waals surface area contributed by atoms with E-state index in [1.165, 1.54) is 7.11 Å². The van der Waals surface area contributed by atoms with Crippen molar-refractivity contribution in [1.82, 2.24) is 9.88 Å². The molecule has 1 aromatic heterocycles. The SMILES string of the molecule is COc1ccc(OC(=O)N(CC(=O)O)Cc2cccc(OCCc3coc(-c4ccccc4)n3)c2)cc1. The number of carboxylic acid groups (broad SMARTS) is 1. The lowest BCUT2D eigenvalue weighted by molar-refractivity contribution is -0.138. The number of carboxylic acids is 1. The van der Waals surface area contributed by atoms with Gasteiger partial charge in [-0.05, 0) is 54.1 Å². The lowest BCUT2D eigenvalue weighted by Crippen LogP contribution is -2.37. The van der Waals surface area contributed by atoms with E-state index in [1.54, 1.807) is 54.8 Å². The van der Waals surface area contributed by atoms with E-state index in [4.69, 9.17) is 18.6 Å². The van der Waals surface area contributed by atoms with Crippen molar-refractivity contribution in [2.45, 2.75) is 13.0 Å². The minimum absolute atomic E-state index is 0.0300. The average molecular weight is 503 g/mol. The molecular formula is C28H26N2O7. The van der Waals surface area contributed by atoms with E-state index in [9.17, 15) is 14.7 Å². The maximum absolute atomic E-state index is 12.7. The molecular weight excluding hydrogens is 476 g/mol. The normalized spacial score (nSPS) is 10.5. The Morgan fingerprint density at radius 3 is 2.43 bits per heavy atom. The van der Waals surface area contributed by atoms with Crippen LogP contribution in [0.5, 0.6) is 17.2 Å². The molecule has 0 saturated carbocycles. The van der Waals surface area contributed by atoms with Crippen molar-refractivity contribution in [3.05, 3.63) is 96.4 Å². The Labute approximate surface area is 213 Å². The molecule has 4 rings (SSSR count). The second-order valence-electron chi connectivity index (χ2n) is 8.05. The van der Waals surface area contributed by atoms with E-state index in [0.717, 1.165) is 16.2 Å². The number of methoxy groups -OCH3 is 1. The van der Waals surface area contributed by atoms with Gasteiger partial charge in [0, 0.05) is 18.5 Å². The first-order chi connectivity index (χ1) is 18.0. The van der Waals surface area contributed by atoms with Crippen LogP contribution < -0.4 is 14.2 Å². The number of amides is 1. The van der Waals surface area contributed by atoms with Crippen LogP contribution in [0.15, 0.2) is 89.5 Å². The van der Waals surface area contributed by atoms with E-state index in [-0.39, 0.29) is 12.3 Å². The number of ether oxygens (including phenoxy) is 3. The summed E-state index contributed by atoms with van der Waals surface area (Å²) in [5, 5.41) is 9.29. The monoisotopic (exact) mass is 502 g/mol. The van der Waals surface area contributed by atoms with Crippen LogP contribution in [-0.2, 0) is 17.8 Å². The Kier molecular flexibility index (Phi) is 8.38. The predicted molar refractivity (Wildman–Crippen MR) is 135 cm³/mol. The highest BCUT2D eigenvalue weighted by Gasteiger charge is 2.20. The van der Waals surface area contributed by atoms with Gasteiger partial charge >= 0.3 is 12.1 Å². The zero-order chi connectivity index (χ0) is 26.0. The van der Waals surface area contributed by atoms with Crippen LogP contribution >= 0.6 is 0 Å². The Morgan fingerprint density at radius 2 is 1.70 bits per heavy atom. The van der Waals surface area contributed by atoms with Gasteiger partial charge in [0.25, 0.3) is 0 Å². The molecule has 190 valence electrons. The van der Waals surface area contributed by atoms with Crippen LogP contribution in [0.4, 0.5) is 4.79 Å². The lowest BCUT2D eigenvalue weighted by atomic mass is 10.2. The van der Waals surface area contributed by atoms with Gasteiger partial charge in [0.2, 0.25) is 5.89 Å². The number of hydrogen-bond donors (Lipinski definition) is 1. The van der Waals surface area contributed by atoms with Gasteiger partial charge in [0.05, 0.1) is 19.4 Å². The Morgan fingerprint density at radius 1 is 0.946 bits per heavy atom. The summed E-state index contributed by atoms with van der Waals surface area (Å²) >= 11 is 0. The Balaban J connectivity index is 1.34. The third-order valence-corrected chi connectivity index (χ3v) is 5.32. The lowest BCUT2D eigenvalue weighted by Gasteiger charge is -2.20. The summed E-state index contributed by atoms with van der Waals surface area (Å²) in [5.74, 6) is 0.878. The number of carbonyl (C=O) groups is 2. The van der Waals surface area contributed by atoms with Crippen LogP contribution in [0.3, 0.4) is 0 Å². The molecule has 0 unspecified atom stereocenters. The zero-order valence-corrected chi connectivity index (χ0v) is 20.2. The number of carbonyl (C=O) groups excluding carboxylic acids is 1. The molecule has 0 bridgehead atoms. The van der Waals surface area contributed by atoms with E-state index in [0.29, 0.717) is 36.0 Å². The molecule has 0 aliphatic heterocycles. The topological polar surface area (TPSA) is 111 Å². The first-order valence-corrected chi connectivity index (χ1v) is 11.5. The highest BCUT2D eigenvalue weighted by molar-refractivity contribution is 5.78. The zero-order valence-electron chi connectivity index (χ0n) is 20.2. The number of rotatable bonds is 11. The molecule has 1 amide bonds. The highest BCUT2D eigenvalue weighted by atomic mass is 16.6. The molecule has 0 radical (unpaired) electrons. The van der Waals surface area contributed by atoms with Gasteiger partial charge in [-0.1, -0.05) is 30.3 Å². The fourth-order valence-electron chi connectivity index (χ4n) is 3.52. The summed E-state index contributed by atoms with van der Waals surface area (Å²) in [6, 6.07) is 23.2. The first kappa shape index (κ1) is 25.3. The highest BCUT2D eigenvalue weighted by Crippen LogP contribution is 2.21. The number of oxazole rings is 1. The van der Waals surface area contributed by atoms with Crippen molar-refractivity contribution in [2.75, 3.05) is 20.3 Å². The van der Waals surface area contributed by atoms with Gasteiger partial charge in [-0.15, -0.1) is 0 Å². The fourth-order valence-corrected chi connectivity index (χ4v) is 3.52. The van der Waals surface area contributed by atoms with E-state index >= 15 is 0 Å². The van der Waals surface area contributed by atoms with Gasteiger partial charge < -0.3 is 23.7 Å². The molecule has 0 aliphatic carbocycles. The van der Waals surface area contributed by atoms with E-state index in [1.807, 2.05) is 30.3 Å². The molecule has 9 heteroatoms. The predicted octanol–water partition coefficient (Wildman–Crippen LogP) is 5.06.